The third kappa shape index (κ3) is 4.13. The van der Waals surface area contributed by atoms with Gasteiger partial charge in [0.1, 0.15) is 17.6 Å². The molecule has 8 heteroatoms. The quantitative estimate of drug-likeness (QED) is 0.627. The van der Waals surface area contributed by atoms with E-state index in [1.165, 1.54) is 6.92 Å². The molecule has 1 aliphatic rings. The van der Waals surface area contributed by atoms with Crippen LogP contribution in [0.4, 0.5) is 11.4 Å². The van der Waals surface area contributed by atoms with Crippen molar-refractivity contribution in [3.63, 3.8) is 0 Å². The van der Waals surface area contributed by atoms with E-state index in [1.807, 2.05) is 48.5 Å². The molecule has 7 nitrogen and oxygen atoms in total. The normalized spacial score (nSPS) is 14.6. The number of carbonyl (C=O) groups excluding carboxylic acids is 1. The van der Waals surface area contributed by atoms with Gasteiger partial charge in [-0.25, -0.2) is 8.42 Å². The van der Waals surface area contributed by atoms with Gasteiger partial charge in [-0.3, -0.25) is 9.52 Å². The van der Waals surface area contributed by atoms with Crippen LogP contribution in [0.5, 0.6) is 11.5 Å². The lowest BCUT2D eigenvalue weighted by Crippen LogP contribution is -2.23. The van der Waals surface area contributed by atoms with E-state index in [0.29, 0.717) is 17.2 Å². The van der Waals surface area contributed by atoms with Crippen molar-refractivity contribution in [3.05, 3.63) is 71.8 Å². The number of nitrogens with one attached hydrogen (secondary N) is 1. The Morgan fingerprint density at radius 1 is 1.09 bits per heavy atom. The van der Waals surface area contributed by atoms with Crippen molar-refractivity contribution in [3.8, 4) is 22.6 Å². The zero-order chi connectivity index (χ0) is 23.0. The highest BCUT2D eigenvalue weighted by molar-refractivity contribution is 7.92. The van der Waals surface area contributed by atoms with E-state index < -0.39 is 16.1 Å². The second-order valence-corrected chi connectivity index (χ2v) is 9.43. The molecule has 0 fully saturated rings. The summed E-state index contributed by atoms with van der Waals surface area (Å²) in [4.78, 5) is 13.4. The number of fused-ring (bicyclic) bond motifs is 3. The predicted molar refractivity (Wildman–Crippen MR) is 125 cm³/mol. The third-order valence-corrected chi connectivity index (χ3v) is 6.00. The number of methoxy groups -OCH3 is 1. The van der Waals surface area contributed by atoms with Crippen molar-refractivity contribution in [1.82, 2.24) is 0 Å². The number of carbonyl (C=O) groups is 1. The first-order chi connectivity index (χ1) is 15.2. The molecule has 3 aromatic carbocycles. The van der Waals surface area contributed by atoms with Crippen molar-refractivity contribution >= 4 is 27.3 Å². The summed E-state index contributed by atoms with van der Waals surface area (Å²) in [6, 6.07) is 18.5. The molecule has 0 radical (unpaired) electrons. The fourth-order valence-electron chi connectivity index (χ4n) is 3.85. The molecule has 0 spiro atoms. The molecule has 0 saturated carbocycles. The molecule has 4 rings (SSSR count). The minimum absolute atomic E-state index is 0.0816. The van der Waals surface area contributed by atoms with Crippen LogP contribution in [0.1, 0.15) is 24.2 Å². The van der Waals surface area contributed by atoms with E-state index in [0.717, 1.165) is 34.2 Å². The van der Waals surface area contributed by atoms with Gasteiger partial charge in [0.15, 0.2) is 0 Å². The van der Waals surface area contributed by atoms with Crippen LogP contribution in [0.2, 0.25) is 0 Å². The number of rotatable bonds is 5. The van der Waals surface area contributed by atoms with E-state index in [-0.39, 0.29) is 5.91 Å². The number of sulfonamides is 1. The van der Waals surface area contributed by atoms with Crippen LogP contribution in [0.3, 0.4) is 0 Å². The first kappa shape index (κ1) is 21.7. The zero-order valence-electron chi connectivity index (χ0n) is 18.2. The number of hydrogen-bond acceptors (Lipinski definition) is 5. The highest BCUT2D eigenvalue weighted by atomic mass is 32.2. The summed E-state index contributed by atoms with van der Waals surface area (Å²) in [7, 11) is -0.133. The number of anilines is 2. The van der Waals surface area contributed by atoms with Crippen LogP contribution in [0, 0.1) is 0 Å². The van der Waals surface area contributed by atoms with Gasteiger partial charge in [-0.2, -0.15) is 0 Å². The maximum atomic E-state index is 11.9. The fraction of sp³-hybridized carbons (Fsp3) is 0.208. The van der Waals surface area contributed by atoms with Crippen molar-refractivity contribution in [2.45, 2.75) is 13.0 Å². The van der Waals surface area contributed by atoms with Gasteiger partial charge >= 0.3 is 0 Å². The third-order valence-electron chi connectivity index (χ3n) is 5.39. The Balaban J connectivity index is 1.90. The van der Waals surface area contributed by atoms with Crippen molar-refractivity contribution in [1.29, 1.82) is 0 Å². The minimum atomic E-state index is -3.45. The molecule has 3 aromatic rings. The summed E-state index contributed by atoms with van der Waals surface area (Å²) in [5, 5.41) is 0. The van der Waals surface area contributed by atoms with Gasteiger partial charge in [0, 0.05) is 30.9 Å². The average molecular weight is 453 g/mol. The van der Waals surface area contributed by atoms with E-state index in [9.17, 15) is 13.2 Å². The number of hydrogen-bond donors (Lipinski definition) is 1. The van der Waals surface area contributed by atoms with Crippen molar-refractivity contribution in [2.24, 2.45) is 0 Å². The Labute approximate surface area is 187 Å². The molecule has 1 amide bonds. The first-order valence-electron chi connectivity index (χ1n) is 9.98. The molecule has 1 N–H and O–H groups in total. The van der Waals surface area contributed by atoms with Gasteiger partial charge in [-0.05, 0) is 47.5 Å². The SMILES string of the molecule is COc1cccc2c1-c1ccc(NS(C)(=O)=O)cc1C(c1cccc(N(C)C(C)=O)c1)O2. The largest absolute Gasteiger partial charge is 0.496 e. The number of amides is 1. The summed E-state index contributed by atoms with van der Waals surface area (Å²) in [5.41, 5.74) is 4.50. The van der Waals surface area contributed by atoms with E-state index in [2.05, 4.69) is 4.72 Å². The van der Waals surface area contributed by atoms with E-state index in [4.69, 9.17) is 9.47 Å². The van der Waals surface area contributed by atoms with E-state index in [1.54, 1.807) is 31.2 Å². The summed E-state index contributed by atoms with van der Waals surface area (Å²) in [6.07, 6.45) is 0.603. The van der Waals surface area contributed by atoms with Gasteiger partial charge in [0.25, 0.3) is 0 Å². The predicted octanol–water partition coefficient (Wildman–Crippen LogP) is 4.20. The summed E-state index contributed by atoms with van der Waals surface area (Å²) < 4.78 is 38.1. The highest BCUT2D eigenvalue weighted by Crippen LogP contribution is 2.49. The Bertz CT molecular complexity index is 1300. The molecular formula is C24H24N2O5S. The molecule has 0 bridgehead atoms. The molecule has 0 aliphatic carbocycles. The second kappa shape index (κ2) is 8.20. The minimum Gasteiger partial charge on any atom is -0.496 e. The lowest BCUT2D eigenvalue weighted by atomic mass is 9.88. The average Bonchev–Trinajstić information content (AvgIpc) is 2.76. The van der Waals surface area contributed by atoms with Crippen LogP contribution in [0.15, 0.2) is 60.7 Å². The van der Waals surface area contributed by atoms with E-state index >= 15 is 0 Å². The molecule has 1 heterocycles. The molecule has 1 aliphatic heterocycles. The lowest BCUT2D eigenvalue weighted by Gasteiger charge is -2.31. The smallest absolute Gasteiger partial charge is 0.229 e. The van der Waals surface area contributed by atoms with Crippen LogP contribution >= 0.6 is 0 Å². The first-order valence-corrected chi connectivity index (χ1v) is 11.9. The molecule has 32 heavy (non-hydrogen) atoms. The van der Waals surface area contributed by atoms with Gasteiger partial charge in [-0.1, -0.05) is 24.3 Å². The fourth-order valence-corrected chi connectivity index (χ4v) is 4.40. The lowest BCUT2D eigenvalue weighted by molar-refractivity contribution is -0.116. The summed E-state index contributed by atoms with van der Waals surface area (Å²) in [6.45, 7) is 1.50. The topological polar surface area (TPSA) is 84.9 Å². The Hall–Kier alpha value is -3.52. The van der Waals surface area contributed by atoms with Gasteiger partial charge in [0.2, 0.25) is 15.9 Å². The number of nitrogens with zero attached hydrogens (tertiary/aromatic N) is 1. The summed E-state index contributed by atoms with van der Waals surface area (Å²) in [5.74, 6) is 1.24. The maximum absolute atomic E-state index is 11.9. The van der Waals surface area contributed by atoms with Gasteiger partial charge in [-0.15, -0.1) is 0 Å². The van der Waals surface area contributed by atoms with Gasteiger partial charge < -0.3 is 14.4 Å². The molecular weight excluding hydrogens is 428 g/mol. The Morgan fingerprint density at radius 3 is 2.53 bits per heavy atom. The van der Waals surface area contributed by atoms with Crippen LogP contribution in [-0.2, 0) is 14.8 Å². The summed E-state index contributed by atoms with van der Waals surface area (Å²) >= 11 is 0. The standard InChI is InChI=1S/C24H24N2O5S/c1-15(27)26(2)18-8-5-7-16(13-18)24-20-14-17(25-32(4,28)29)11-12-19(20)23-21(30-3)9-6-10-22(23)31-24/h5-14,24-25H,1-4H3. The molecule has 0 aromatic heterocycles. The maximum Gasteiger partial charge on any atom is 0.229 e. The zero-order valence-corrected chi connectivity index (χ0v) is 19.1. The molecule has 1 unspecified atom stereocenters. The van der Waals surface area contributed by atoms with Crippen molar-refractivity contribution < 1.29 is 22.7 Å². The second-order valence-electron chi connectivity index (χ2n) is 7.68. The van der Waals surface area contributed by atoms with Crippen LogP contribution in [0.25, 0.3) is 11.1 Å². The monoisotopic (exact) mass is 452 g/mol. The molecule has 0 saturated heterocycles. The number of ether oxygens (including phenoxy) is 2. The Morgan fingerprint density at radius 2 is 1.84 bits per heavy atom. The molecule has 1 atom stereocenters. The number of benzene rings is 3. The van der Waals surface area contributed by atoms with Crippen LogP contribution in [-0.4, -0.2) is 34.7 Å². The highest BCUT2D eigenvalue weighted by Gasteiger charge is 2.30. The Kier molecular flexibility index (Phi) is 5.56. The van der Waals surface area contributed by atoms with Gasteiger partial charge in [0.05, 0.1) is 18.9 Å². The molecule has 166 valence electrons. The van der Waals surface area contributed by atoms with Crippen LogP contribution < -0.4 is 19.1 Å². The van der Waals surface area contributed by atoms with Crippen molar-refractivity contribution in [2.75, 3.05) is 30.0 Å².